The van der Waals surface area contributed by atoms with E-state index in [9.17, 15) is 13.2 Å². The van der Waals surface area contributed by atoms with E-state index in [1.54, 1.807) is 31.2 Å². The smallest absolute Gasteiger partial charge is 0.251 e. The largest absolute Gasteiger partial charge is 0.375 e. The highest BCUT2D eigenvalue weighted by atomic mass is 32.2. The molecule has 7 heteroatoms. The van der Waals surface area contributed by atoms with E-state index in [1.165, 1.54) is 0 Å². The number of rotatable bonds is 9. The van der Waals surface area contributed by atoms with Crippen molar-refractivity contribution in [2.75, 3.05) is 23.6 Å². The monoisotopic (exact) mass is 362 g/mol. The predicted molar refractivity (Wildman–Crippen MR) is 98.0 cm³/mol. The molecule has 6 nitrogen and oxygen atoms in total. The molecule has 0 radical (unpaired) electrons. The first-order valence-electron chi connectivity index (χ1n) is 8.00. The molecule has 0 aliphatic carbocycles. The maximum absolute atomic E-state index is 12.0. The van der Waals surface area contributed by atoms with Gasteiger partial charge in [-0.25, -0.2) is 8.42 Å². The van der Waals surface area contributed by atoms with Crippen molar-refractivity contribution in [2.45, 2.75) is 13.5 Å². The van der Waals surface area contributed by atoms with E-state index in [0.29, 0.717) is 31.0 Å². The summed E-state index contributed by atoms with van der Waals surface area (Å²) in [5.41, 5.74) is 1.98. The summed E-state index contributed by atoms with van der Waals surface area (Å²) in [6, 6.07) is 16.1. The summed E-state index contributed by atoms with van der Waals surface area (Å²) in [6.45, 7) is 2.87. The zero-order chi connectivity index (χ0) is 18.1. The zero-order valence-corrected chi connectivity index (χ0v) is 14.9. The second-order valence-electron chi connectivity index (χ2n) is 5.38. The summed E-state index contributed by atoms with van der Waals surface area (Å²) in [7, 11) is -3.32. The number of hydrogen-bond acceptors (Lipinski definition) is 4. The number of benzene rings is 2. The molecule has 0 saturated carbocycles. The Bertz CT molecular complexity index is 774. The van der Waals surface area contributed by atoms with Gasteiger partial charge in [-0.1, -0.05) is 30.3 Å². The minimum absolute atomic E-state index is 0.00177. The summed E-state index contributed by atoms with van der Waals surface area (Å²) in [4.78, 5) is 12.0. The van der Waals surface area contributed by atoms with Gasteiger partial charge in [-0.05, 0) is 36.8 Å². The summed E-state index contributed by atoms with van der Waals surface area (Å²) < 4.78 is 30.9. The zero-order valence-electron chi connectivity index (χ0n) is 14.1. The van der Waals surface area contributed by atoms with E-state index in [-0.39, 0.29) is 11.7 Å². The molecule has 0 heterocycles. The average Bonchev–Trinajstić information content (AvgIpc) is 2.62. The summed E-state index contributed by atoms with van der Waals surface area (Å²) in [5.74, 6) is -0.230. The molecule has 134 valence electrons. The van der Waals surface area contributed by atoms with Gasteiger partial charge in [0.1, 0.15) is 0 Å². The molecule has 0 aromatic heterocycles. The molecule has 2 N–H and O–H groups in total. The molecule has 2 aromatic carbocycles. The van der Waals surface area contributed by atoms with Gasteiger partial charge in [0.05, 0.1) is 19.0 Å². The average molecular weight is 362 g/mol. The third-order valence-electron chi connectivity index (χ3n) is 3.44. The summed E-state index contributed by atoms with van der Waals surface area (Å²) >= 11 is 0. The molecule has 1 amide bonds. The van der Waals surface area contributed by atoms with Crippen molar-refractivity contribution in [1.29, 1.82) is 0 Å². The number of ether oxygens (including phenoxy) is 1. The maximum Gasteiger partial charge on any atom is 0.251 e. The fourth-order valence-electron chi connectivity index (χ4n) is 2.04. The molecular weight excluding hydrogens is 340 g/mol. The van der Waals surface area contributed by atoms with Crippen LogP contribution in [0.25, 0.3) is 0 Å². The molecule has 0 bridgehead atoms. The van der Waals surface area contributed by atoms with Crippen LogP contribution in [0, 0.1) is 0 Å². The van der Waals surface area contributed by atoms with Crippen LogP contribution in [0.5, 0.6) is 0 Å². The molecule has 0 fully saturated rings. The van der Waals surface area contributed by atoms with Crippen molar-refractivity contribution < 1.29 is 17.9 Å². The van der Waals surface area contributed by atoms with Crippen LogP contribution in [0.15, 0.2) is 54.6 Å². The minimum Gasteiger partial charge on any atom is -0.375 e. The number of carbonyl (C=O) groups excluding carboxylic acids is 1. The Hall–Kier alpha value is -2.38. The maximum atomic E-state index is 12.0. The van der Waals surface area contributed by atoms with Crippen LogP contribution in [0.1, 0.15) is 22.8 Å². The highest BCUT2D eigenvalue weighted by Gasteiger charge is 2.08. The number of hydrogen-bond donors (Lipinski definition) is 2. The molecule has 0 aliphatic heterocycles. The normalized spacial score (nSPS) is 11.1. The van der Waals surface area contributed by atoms with Crippen molar-refractivity contribution in [3.8, 4) is 0 Å². The van der Waals surface area contributed by atoms with Gasteiger partial charge in [-0.2, -0.15) is 0 Å². The van der Waals surface area contributed by atoms with Crippen LogP contribution < -0.4 is 10.0 Å². The lowest BCUT2D eigenvalue weighted by Gasteiger charge is -2.08. The molecule has 0 atom stereocenters. The summed E-state index contributed by atoms with van der Waals surface area (Å²) in [6.07, 6.45) is 0. The van der Waals surface area contributed by atoms with Gasteiger partial charge in [0.2, 0.25) is 10.0 Å². The topological polar surface area (TPSA) is 84.5 Å². The van der Waals surface area contributed by atoms with Crippen LogP contribution in [0.2, 0.25) is 0 Å². The molecule has 0 spiro atoms. The van der Waals surface area contributed by atoms with Crippen molar-refractivity contribution in [3.63, 3.8) is 0 Å². The fraction of sp³-hybridized carbons (Fsp3) is 0.278. The third kappa shape index (κ3) is 6.56. The first-order valence-corrected chi connectivity index (χ1v) is 9.66. The number of nitrogens with one attached hydrogen (secondary N) is 2. The molecule has 0 aliphatic rings. The summed E-state index contributed by atoms with van der Waals surface area (Å²) in [5, 5.41) is 2.76. The Morgan fingerprint density at radius 1 is 1.04 bits per heavy atom. The number of sulfonamides is 1. The molecule has 0 saturated heterocycles. The number of carbonyl (C=O) groups is 1. The Morgan fingerprint density at radius 3 is 2.36 bits per heavy atom. The van der Waals surface area contributed by atoms with E-state index in [2.05, 4.69) is 10.0 Å². The van der Waals surface area contributed by atoms with Crippen LogP contribution in [0.4, 0.5) is 5.69 Å². The van der Waals surface area contributed by atoms with Crippen LogP contribution in [-0.2, 0) is 21.4 Å². The quantitative estimate of drug-likeness (QED) is 0.671. The second-order valence-corrected chi connectivity index (χ2v) is 7.39. The molecular formula is C18H22N2O4S. The Balaban J connectivity index is 1.73. The van der Waals surface area contributed by atoms with Gasteiger partial charge in [0.25, 0.3) is 5.91 Å². The SMILES string of the molecule is CCS(=O)(=O)Nc1ccc(C(=O)NCCOCc2ccccc2)cc1. The molecule has 0 unspecified atom stereocenters. The highest BCUT2D eigenvalue weighted by molar-refractivity contribution is 7.92. The standard InChI is InChI=1S/C18H22N2O4S/c1-2-25(22,23)20-17-10-8-16(9-11-17)18(21)19-12-13-24-14-15-6-4-3-5-7-15/h3-11,20H,2,12-14H2,1H3,(H,19,21). The van der Waals surface area contributed by atoms with Gasteiger partial charge in [-0.15, -0.1) is 0 Å². The minimum atomic E-state index is -3.32. The van der Waals surface area contributed by atoms with E-state index < -0.39 is 10.0 Å². The third-order valence-corrected chi connectivity index (χ3v) is 4.75. The van der Waals surface area contributed by atoms with E-state index in [0.717, 1.165) is 5.56 Å². The molecule has 25 heavy (non-hydrogen) atoms. The van der Waals surface area contributed by atoms with E-state index in [1.807, 2.05) is 30.3 Å². The molecule has 2 rings (SSSR count). The Labute approximate surface area is 148 Å². The first-order chi connectivity index (χ1) is 12.0. The number of amides is 1. The fourth-order valence-corrected chi connectivity index (χ4v) is 2.68. The van der Waals surface area contributed by atoms with Gasteiger partial charge in [-0.3, -0.25) is 9.52 Å². The highest BCUT2D eigenvalue weighted by Crippen LogP contribution is 2.11. The lowest BCUT2D eigenvalue weighted by Crippen LogP contribution is -2.27. The lowest BCUT2D eigenvalue weighted by atomic mass is 10.2. The lowest BCUT2D eigenvalue weighted by molar-refractivity contribution is 0.0901. The second kappa shape index (κ2) is 9.19. The Kier molecular flexibility index (Phi) is 6.97. The van der Waals surface area contributed by atoms with Crippen LogP contribution >= 0.6 is 0 Å². The number of anilines is 1. The van der Waals surface area contributed by atoms with Crippen LogP contribution in [0.3, 0.4) is 0 Å². The van der Waals surface area contributed by atoms with Crippen molar-refractivity contribution in [3.05, 3.63) is 65.7 Å². The predicted octanol–water partition coefficient (Wildman–Crippen LogP) is 2.39. The van der Waals surface area contributed by atoms with Gasteiger partial charge >= 0.3 is 0 Å². The van der Waals surface area contributed by atoms with Gasteiger partial charge in [0, 0.05) is 17.8 Å². The van der Waals surface area contributed by atoms with Crippen molar-refractivity contribution in [2.24, 2.45) is 0 Å². The van der Waals surface area contributed by atoms with Gasteiger partial charge < -0.3 is 10.1 Å². The molecule has 2 aromatic rings. The van der Waals surface area contributed by atoms with Gasteiger partial charge in [0.15, 0.2) is 0 Å². The first kappa shape index (κ1) is 19.0. The van der Waals surface area contributed by atoms with Crippen molar-refractivity contribution >= 4 is 21.6 Å². The van der Waals surface area contributed by atoms with E-state index in [4.69, 9.17) is 4.74 Å². The van der Waals surface area contributed by atoms with Crippen molar-refractivity contribution in [1.82, 2.24) is 5.32 Å². The van der Waals surface area contributed by atoms with Crippen LogP contribution in [-0.4, -0.2) is 33.2 Å². The Morgan fingerprint density at radius 2 is 1.72 bits per heavy atom. The van der Waals surface area contributed by atoms with E-state index >= 15 is 0 Å².